The van der Waals surface area contributed by atoms with Crippen molar-refractivity contribution >= 4 is 11.6 Å². The molecule has 0 aliphatic heterocycles. The van der Waals surface area contributed by atoms with Crippen LogP contribution in [0.2, 0.25) is 5.15 Å². The number of nitrogens with zero attached hydrogens (tertiary/aromatic N) is 1. The molecule has 2 N–H and O–H groups in total. The molecule has 0 fully saturated rings. The Morgan fingerprint density at radius 1 is 1.53 bits per heavy atom. The second-order valence-electron chi connectivity index (χ2n) is 3.24. The molecule has 0 aromatic carbocycles. The Balaban J connectivity index is 3.17. The summed E-state index contributed by atoms with van der Waals surface area (Å²) in [7, 11) is 0. The van der Waals surface area contributed by atoms with E-state index in [1.165, 1.54) is 0 Å². The van der Waals surface area contributed by atoms with Crippen molar-refractivity contribution in [3.63, 3.8) is 0 Å². The molecule has 15 heavy (non-hydrogen) atoms. The Labute approximate surface area is 90.3 Å². The van der Waals surface area contributed by atoms with Gasteiger partial charge in [-0.3, -0.25) is 0 Å². The fraction of sp³-hybridized carbons (Fsp3) is 0.444. The van der Waals surface area contributed by atoms with E-state index in [4.69, 9.17) is 17.3 Å². The van der Waals surface area contributed by atoms with Gasteiger partial charge < -0.3 is 5.73 Å². The summed E-state index contributed by atoms with van der Waals surface area (Å²) in [6.07, 6.45) is -3.68. The molecule has 84 valence electrons. The van der Waals surface area contributed by atoms with Crippen molar-refractivity contribution in [3.8, 4) is 0 Å². The van der Waals surface area contributed by atoms with E-state index in [1.54, 1.807) is 6.92 Å². The summed E-state index contributed by atoms with van der Waals surface area (Å²) in [5.74, 6) is -0.243. The van der Waals surface area contributed by atoms with Crippen molar-refractivity contribution in [1.82, 2.24) is 4.98 Å². The van der Waals surface area contributed by atoms with Crippen LogP contribution in [-0.2, 0) is 6.18 Å². The van der Waals surface area contributed by atoms with Crippen LogP contribution >= 0.6 is 11.6 Å². The zero-order chi connectivity index (χ0) is 11.6. The van der Waals surface area contributed by atoms with Crippen LogP contribution in [-0.4, -0.2) is 11.5 Å². The van der Waals surface area contributed by atoms with E-state index in [2.05, 4.69) is 4.98 Å². The molecule has 0 spiro atoms. The highest BCUT2D eigenvalue weighted by molar-refractivity contribution is 6.30. The van der Waals surface area contributed by atoms with Gasteiger partial charge in [-0.2, -0.15) is 13.2 Å². The van der Waals surface area contributed by atoms with Gasteiger partial charge >= 0.3 is 6.18 Å². The average molecular weight is 239 g/mol. The van der Waals surface area contributed by atoms with Crippen LogP contribution in [0.15, 0.2) is 12.3 Å². The van der Waals surface area contributed by atoms with Crippen LogP contribution in [0.4, 0.5) is 13.2 Å². The molecule has 0 bridgehead atoms. The van der Waals surface area contributed by atoms with Crippen LogP contribution in [0.25, 0.3) is 0 Å². The monoisotopic (exact) mass is 238 g/mol. The fourth-order valence-corrected chi connectivity index (χ4v) is 1.38. The van der Waals surface area contributed by atoms with E-state index < -0.39 is 11.7 Å². The lowest BCUT2D eigenvalue weighted by atomic mass is 10.0. The van der Waals surface area contributed by atoms with Crippen LogP contribution in [0, 0.1) is 0 Å². The summed E-state index contributed by atoms with van der Waals surface area (Å²) in [6, 6.07) is 0.993. The van der Waals surface area contributed by atoms with Crippen LogP contribution in [0.3, 0.4) is 0 Å². The highest BCUT2D eigenvalue weighted by Gasteiger charge is 2.32. The van der Waals surface area contributed by atoms with Gasteiger partial charge in [0.2, 0.25) is 0 Å². The van der Waals surface area contributed by atoms with Gasteiger partial charge in [0, 0.05) is 6.20 Å². The standard InChI is InChI=1S/C9H10ClF3N2/c1-5(3-14)7-2-6(9(11,12)13)4-15-8(7)10/h2,4-5H,3,14H2,1H3. The lowest BCUT2D eigenvalue weighted by molar-refractivity contribution is -0.137. The van der Waals surface area contributed by atoms with Crippen molar-refractivity contribution < 1.29 is 13.2 Å². The van der Waals surface area contributed by atoms with E-state index in [1.807, 2.05) is 0 Å². The van der Waals surface area contributed by atoms with E-state index in [9.17, 15) is 13.2 Å². The molecule has 1 rings (SSSR count). The maximum Gasteiger partial charge on any atom is 0.417 e. The first-order valence-corrected chi connectivity index (χ1v) is 4.66. The number of hydrogen-bond acceptors (Lipinski definition) is 2. The van der Waals surface area contributed by atoms with Crippen molar-refractivity contribution in [2.45, 2.75) is 19.0 Å². The van der Waals surface area contributed by atoms with E-state index >= 15 is 0 Å². The number of nitrogens with two attached hydrogens (primary N) is 1. The Morgan fingerprint density at radius 2 is 2.13 bits per heavy atom. The third kappa shape index (κ3) is 2.82. The summed E-state index contributed by atoms with van der Waals surface area (Å²) in [5, 5.41) is 0.0703. The highest BCUT2D eigenvalue weighted by Crippen LogP contribution is 2.32. The molecule has 1 aromatic heterocycles. The first kappa shape index (κ1) is 12.3. The van der Waals surface area contributed by atoms with Gasteiger partial charge in [-0.15, -0.1) is 0 Å². The number of pyridine rings is 1. The van der Waals surface area contributed by atoms with Gasteiger partial charge in [-0.05, 0) is 24.1 Å². The average Bonchev–Trinajstić information content (AvgIpc) is 2.15. The van der Waals surface area contributed by atoms with Gasteiger partial charge in [0.15, 0.2) is 0 Å². The van der Waals surface area contributed by atoms with Gasteiger partial charge in [0.25, 0.3) is 0 Å². The molecule has 0 aliphatic carbocycles. The van der Waals surface area contributed by atoms with Crippen LogP contribution < -0.4 is 5.73 Å². The molecular weight excluding hydrogens is 229 g/mol. The molecule has 0 saturated heterocycles. The number of rotatable bonds is 2. The minimum atomic E-state index is -4.40. The minimum Gasteiger partial charge on any atom is -0.330 e. The van der Waals surface area contributed by atoms with Crippen molar-refractivity contribution in [1.29, 1.82) is 0 Å². The molecule has 0 saturated carbocycles. The molecule has 0 aliphatic rings. The van der Waals surface area contributed by atoms with E-state index in [0.29, 0.717) is 5.56 Å². The van der Waals surface area contributed by atoms with Crippen molar-refractivity contribution in [3.05, 3.63) is 28.5 Å². The Morgan fingerprint density at radius 3 is 2.60 bits per heavy atom. The maximum atomic E-state index is 12.4. The summed E-state index contributed by atoms with van der Waals surface area (Å²) < 4.78 is 37.1. The van der Waals surface area contributed by atoms with Gasteiger partial charge in [0.1, 0.15) is 5.15 Å². The molecular formula is C9H10ClF3N2. The third-order valence-corrected chi connectivity index (χ3v) is 2.39. The molecule has 0 radical (unpaired) electrons. The molecule has 0 amide bonds. The summed E-state index contributed by atoms with van der Waals surface area (Å²) >= 11 is 5.69. The molecule has 2 nitrogen and oxygen atoms in total. The van der Waals surface area contributed by atoms with Gasteiger partial charge in [0.05, 0.1) is 5.56 Å². The normalized spacial score (nSPS) is 14.0. The first-order chi connectivity index (χ1) is 6.86. The summed E-state index contributed by atoms with van der Waals surface area (Å²) in [5.41, 5.74) is 4.89. The largest absolute Gasteiger partial charge is 0.417 e. The van der Waals surface area contributed by atoms with Crippen molar-refractivity contribution in [2.75, 3.05) is 6.54 Å². The van der Waals surface area contributed by atoms with E-state index in [-0.39, 0.29) is 17.6 Å². The Hall–Kier alpha value is -0.810. The lowest BCUT2D eigenvalue weighted by Gasteiger charge is -2.13. The highest BCUT2D eigenvalue weighted by atomic mass is 35.5. The minimum absolute atomic E-state index is 0.0703. The number of halogens is 4. The zero-order valence-corrected chi connectivity index (χ0v) is 8.73. The number of hydrogen-bond donors (Lipinski definition) is 1. The van der Waals surface area contributed by atoms with Crippen LogP contribution in [0.1, 0.15) is 24.0 Å². The zero-order valence-electron chi connectivity index (χ0n) is 7.98. The lowest BCUT2D eigenvalue weighted by Crippen LogP contribution is -2.12. The van der Waals surface area contributed by atoms with Crippen molar-refractivity contribution in [2.24, 2.45) is 5.73 Å². The molecule has 1 aromatic rings. The fourth-order valence-electron chi connectivity index (χ4n) is 1.09. The first-order valence-electron chi connectivity index (χ1n) is 4.29. The predicted molar refractivity (Wildman–Crippen MR) is 51.7 cm³/mol. The number of aromatic nitrogens is 1. The number of alkyl halides is 3. The molecule has 1 atom stereocenters. The topological polar surface area (TPSA) is 38.9 Å². The Kier molecular flexibility index (Phi) is 3.57. The third-order valence-electron chi connectivity index (χ3n) is 2.08. The quantitative estimate of drug-likeness (QED) is 0.805. The van der Waals surface area contributed by atoms with Gasteiger partial charge in [-0.25, -0.2) is 4.98 Å². The molecule has 1 heterocycles. The SMILES string of the molecule is CC(CN)c1cc(C(F)(F)F)cnc1Cl. The van der Waals surface area contributed by atoms with Crippen LogP contribution in [0.5, 0.6) is 0 Å². The van der Waals surface area contributed by atoms with E-state index in [0.717, 1.165) is 12.3 Å². The van der Waals surface area contributed by atoms with Gasteiger partial charge in [-0.1, -0.05) is 18.5 Å². The Bertz CT molecular complexity index is 352. The summed E-state index contributed by atoms with van der Waals surface area (Å²) in [6.45, 7) is 1.92. The second-order valence-corrected chi connectivity index (χ2v) is 3.60. The summed E-state index contributed by atoms with van der Waals surface area (Å²) in [4.78, 5) is 3.50. The molecule has 1 unspecified atom stereocenters. The molecule has 6 heteroatoms. The second kappa shape index (κ2) is 4.37. The maximum absolute atomic E-state index is 12.4. The predicted octanol–water partition coefficient (Wildman–Crippen LogP) is 2.82. The smallest absolute Gasteiger partial charge is 0.330 e.